The van der Waals surface area contributed by atoms with Gasteiger partial charge in [-0.05, 0) is 17.0 Å². The molecule has 2 N–H and O–H groups in total. The Morgan fingerprint density at radius 1 is 1.20 bits per heavy atom. The molecule has 1 aromatic rings. The lowest BCUT2D eigenvalue weighted by molar-refractivity contribution is -0.135. The summed E-state index contributed by atoms with van der Waals surface area (Å²) in [5, 5.41) is 12.1. The lowest BCUT2D eigenvalue weighted by Crippen LogP contribution is -2.61. The summed E-state index contributed by atoms with van der Waals surface area (Å²) in [5.41, 5.74) is 2.16. The number of carbonyl (C=O) groups excluding carboxylic acids is 2. The van der Waals surface area contributed by atoms with Crippen molar-refractivity contribution in [3.05, 3.63) is 35.4 Å². The van der Waals surface area contributed by atoms with Crippen molar-refractivity contribution >= 4 is 17.9 Å². The van der Waals surface area contributed by atoms with E-state index in [1.54, 1.807) is 0 Å². The van der Waals surface area contributed by atoms with Crippen molar-refractivity contribution in [3.8, 4) is 0 Å². The van der Waals surface area contributed by atoms with Gasteiger partial charge in [0.25, 0.3) is 0 Å². The summed E-state index contributed by atoms with van der Waals surface area (Å²) >= 11 is 0. The quantitative estimate of drug-likeness (QED) is 0.866. The van der Waals surface area contributed by atoms with Gasteiger partial charge in [-0.2, -0.15) is 0 Å². The van der Waals surface area contributed by atoms with E-state index in [1.807, 2.05) is 24.3 Å². The normalized spacial score (nSPS) is 17.5. The van der Waals surface area contributed by atoms with Crippen LogP contribution in [0.4, 0.5) is 4.79 Å². The summed E-state index contributed by atoms with van der Waals surface area (Å²) < 4.78 is 0. The zero-order valence-corrected chi connectivity index (χ0v) is 14.9. The fraction of sp³-hybridized carbons (Fsp3) is 0.500. The molecule has 0 unspecified atom stereocenters. The van der Waals surface area contributed by atoms with E-state index >= 15 is 0 Å². The van der Waals surface area contributed by atoms with Gasteiger partial charge in [-0.3, -0.25) is 14.5 Å². The van der Waals surface area contributed by atoms with E-state index in [2.05, 4.69) is 19.2 Å². The van der Waals surface area contributed by atoms with Crippen molar-refractivity contribution in [2.75, 3.05) is 19.6 Å². The van der Waals surface area contributed by atoms with Gasteiger partial charge >= 0.3 is 6.09 Å². The zero-order chi connectivity index (χ0) is 18.6. The summed E-state index contributed by atoms with van der Waals surface area (Å²) in [7, 11) is 0. The first-order valence-corrected chi connectivity index (χ1v) is 8.41. The van der Waals surface area contributed by atoms with Crippen LogP contribution >= 0.6 is 0 Å². The molecule has 1 fully saturated rings. The molecule has 0 spiro atoms. The summed E-state index contributed by atoms with van der Waals surface area (Å²) in [6.07, 6.45) is -1.15. The number of piperazine rings is 1. The van der Waals surface area contributed by atoms with Gasteiger partial charge in [0.15, 0.2) is 0 Å². The molecule has 25 heavy (non-hydrogen) atoms. The van der Waals surface area contributed by atoms with Gasteiger partial charge in [0.1, 0.15) is 6.04 Å². The van der Waals surface area contributed by atoms with E-state index in [0.717, 1.165) is 10.5 Å². The number of hydrogen-bond donors (Lipinski definition) is 2. The molecule has 0 aromatic heterocycles. The first-order valence-electron chi connectivity index (χ1n) is 8.41. The van der Waals surface area contributed by atoms with Crippen molar-refractivity contribution in [3.63, 3.8) is 0 Å². The van der Waals surface area contributed by atoms with Gasteiger partial charge in [-0.25, -0.2) is 4.79 Å². The Hall–Kier alpha value is -2.57. The minimum atomic E-state index is -1.15. The fourth-order valence-corrected chi connectivity index (χ4v) is 2.85. The molecule has 2 rings (SSSR count). The van der Waals surface area contributed by atoms with Crippen LogP contribution in [0.15, 0.2) is 24.3 Å². The number of rotatable bonds is 4. The van der Waals surface area contributed by atoms with Crippen molar-refractivity contribution in [2.45, 2.75) is 39.3 Å². The van der Waals surface area contributed by atoms with Gasteiger partial charge in [-0.15, -0.1) is 0 Å². The molecule has 1 saturated heterocycles. The second-order valence-corrected chi connectivity index (χ2v) is 6.57. The maximum atomic E-state index is 12.5. The smallest absolute Gasteiger partial charge is 0.408 e. The standard InChI is InChI=1S/C18H25N3O4/c1-12(2)15-6-4-14(5-7-15)10-19-17(23)16-11-20(13(3)22)8-9-21(16)18(24)25/h4-7,12,16H,8-11H2,1-3H3,(H,19,23)(H,24,25)/t16-/m1/s1. The molecule has 0 aliphatic carbocycles. The third-order valence-corrected chi connectivity index (χ3v) is 4.49. The molecule has 7 heteroatoms. The number of carboxylic acid groups (broad SMARTS) is 1. The molecule has 1 aromatic carbocycles. The Morgan fingerprint density at radius 3 is 2.36 bits per heavy atom. The van der Waals surface area contributed by atoms with Gasteiger partial charge in [0.05, 0.1) is 6.54 Å². The first-order chi connectivity index (χ1) is 11.8. The van der Waals surface area contributed by atoms with Gasteiger partial charge in [0, 0.05) is 26.6 Å². The minimum absolute atomic E-state index is 0.0831. The molecule has 0 bridgehead atoms. The van der Waals surface area contributed by atoms with Gasteiger partial charge in [0.2, 0.25) is 11.8 Å². The van der Waals surface area contributed by atoms with Crippen LogP contribution in [0.3, 0.4) is 0 Å². The molecular formula is C18H25N3O4. The van der Waals surface area contributed by atoms with E-state index in [0.29, 0.717) is 19.0 Å². The average molecular weight is 347 g/mol. The maximum Gasteiger partial charge on any atom is 0.408 e. The average Bonchev–Trinajstić information content (AvgIpc) is 2.59. The number of benzene rings is 1. The van der Waals surface area contributed by atoms with Crippen LogP contribution in [0.2, 0.25) is 0 Å². The van der Waals surface area contributed by atoms with Gasteiger partial charge < -0.3 is 15.3 Å². The number of nitrogens with one attached hydrogen (secondary N) is 1. The summed E-state index contributed by atoms with van der Waals surface area (Å²) in [6.45, 7) is 6.49. The molecule has 1 atom stereocenters. The molecule has 0 radical (unpaired) electrons. The van der Waals surface area contributed by atoms with E-state index in [-0.39, 0.29) is 24.9 Å². The molecule has 7 nitrogen and oxygen atoms in total. The Bertz CT molecular complexity index is 642. The van der Waals surface area contributed by atoms with E-state index in [4.69, 9.17) is 0 Å². The Kier molecular flexibility index (Phi) is 6.01. The second-order valence-electron chi connectivity index (χ2n) is 6.57. The van der Waals surface area contributed by atoms with E-state index < -0.39 is 12.1 Å². The highest BCUT2D eigenvalue weighted by Crippen LogP contribution is 2.15. The monoisotopic (exact) mass is 347 g/mol. The summed E-state index contributed by atoms with van der Waals surface area (Å²) in [5.74, 6) is -0.110. The zero-order valence-electron chi connectivity index (χ0n) is 14.9. The van der Waals surface area contributed by atoms with Crippen LogP contribution in [0.25, 0.3) is 0 Å². The largest absolute Gasteiger partial charge is 0.465 e. The Balaban J connectivity index is 2.00. The highest BCUT2D eigenvalue weighted by molar-refractivity contribution is 5.86. The predicted molar refractivity (Wildman–Crippen MR) is 93.2 cm³/mol. The lowest BCUT2D eigenvalue weighted by atomic mass is 10.0. The topological polar surface area (TPSA) is 90.0 Å². The summed E-state index contributed by atoms with van der Waals surface area (Å²) in [4.78, 5) is 38.0. The van der Waals surface area contributed by atoms with E-state index in [1.165, 1.54) is 17.4 Å². The van der Waals surface area contributed by atoms with Crippen LogP contribution < -0.4 is 5.32 Å². The molecule has 0 saturated carbocycles. The number of amides is 3. The Morgan fingerprint density at radius 2 is 1.84 bits per heavy atom. The molecule has 1 aliphatic heterocycles. The second kappa shape index (κ2) is 8.00. The van der Waals surface area contributed by atoms with Crippen molar-refractivity contribution < 1.29 is 19.5 Å². The number of carbonyl (C=O) groups is 3. The minimum Gasteiger partial charge on any atom is -0.465 e. The van der Waals surface area contributed by atoms with Crippen molar-refractivity contribution in [1.29, 1.82) is 0 Å². The van der Waals surface area contributed by atoms with Crippen LogP contribution in [0.5, 0.6) is 0 Å². The molecule has 1 heterocycles. The van der Waals surface area contributed by atoms with Crippen molar-refractivity contribution in [1.82, 2.24) is 15.1 Å². The highest BCUT2D eigenvalue weighted by Gasteiger charge is 2.36. The van der Waals surface area contributed by atoms with Crippen LogP contribution in [0, 0.1) is 0 Å². The Labute approximate surface area is 147 Å². The maximum absolute atomic E-state index is 12.5. The predicted octanol–water partition coefficient (Wildman–Crippen LogP) is 1.64. The third-order valence-electron chi connectivity index (χ3n) is 4.49. The molecular weight excluding hydrogens is 322 g/mol. The van der Waals surface area contributed by atoms with Crippen molar-refractivity contribution in [2.24, 2.45) is 0 Å². The van der Waals surface area contributed by atoms with Crippen LogP contribution in [-0.4, -0.2) is 58.5 Å². The number of hydrogen-bond acceptors (Lipinski definition) is 3. The number of nitrogens with zero attached hydrogens (tertiary/aromatic N) is 2. The molecule has 3 amide bonds. The fourth-order valence-electron chi connectivity index (χ4n) is 2.85. The summed E-state index contributed by atoms with van der Waals surface area (Å²) in [6, 6.07) is 7.06. The highest BCUT2D eigenvalue weighted by atomic mass is 16.4. The molecule has 1 aliphatic rings. The lowest BCUT2D eigenvalue weighted by Gasteiger charge is -2.38. The SMILES string of the molecule is CC(=O)N1CCN(C(=O)O)[C@@H](C(=O)NCc2ccc(C(C)C)cc2)C1. The van der Waals surface area contributed by atoms with Gasteiger partial charge in [-0.1, -0.05) is 38.1 Å². The molecule has 136 valence electrons. The van der Waals surface area contributed by atoms with E-state index in [9.17, 15) is 19.5 Å². The van der Waals surface area contributed by atoms with Crippen LogP contribution in [-0.2, 0) is 16.1 Å². The third kappa shape index (κ3) is 4.71. The van der Waals surface area contributed by atoms with Crippen LogP contribution in [0.1, 0.15) is 37.8 Å². The first kappa shape index (κ1) is 18.8.